The number of aryl methyl sites for hydroxylation is 1. The normalized spacial score (nSPS) is 25.9. The molecule has 2 heterocycles. The van der Waals surface area contributed by atoms with Crippen LogP contribution >= 0.6 is 11.3 Å². The zero-order chi connectivity index (χ0) is 14.3. The van der Waals surface area contributed by atoms with Crippen LogP contribution in [0.2, 0.25) is 0 Å². The van der Waals surface area contributed by atoms with Gasteiger partial charge in [-0.1, -0.05) is 30.3 Å². The monoisotopic (exact) mass is 299 g/mol. The molecule has 2 N–H and O–H groups in total. The van der Waals surface area contributed by atoms with E-state index in [9.17, 15) is 0 Å². The van der Waals surface area contributed by atoms with Gasteiger partial charge in [-0.25, -0.2) is 4.98 Å². The first-order chi connectivity index (χ1) is 10.3. The number of likely N-dealkylation sites (tertiary alicyclic amines) is 1. The van der Waals surface area contributed by atoms with Gasteiger partial charge in [-0.05, 0) is 44.3 Å². The van der Waals surface area contributed by atoms with E-state index >= 15 is 0 Å². The number of nitrogens with two attached hydrogens (primary N) is 1. The van der Waals surface area contributed by atoms with Crippen LogP contribution in [0.1, 0.15) is 35.4 Å². The van der Waals surface area contributed by atoms with E-state index in [4.69, 9.17) is 5.73 Å². The highest BCUT2D eigenvalue weighted by Crippen LogP contribution is 2.44. The Balaban J connectivity index is 1.78. The topological polar surface area (TPSA) is 42.1 Å². The minimum atomic E-state index is 0.130. The van der Waals surface area contributed by atoms with Gasteiger partial charge in [0.25, 0.3) is 0 Å². The molecule has 1 fully saturated rings. The van der Waals surface area contributed by atoms with Crippen LogP contribution in [0.25, 0.3) is 0 Å². The van der Waals surface area contributed by atoms with E-state index in [1.54, 1.807) is 11.3 Å². The van der Waals surface area contributed by atoms with E-state index in [1.807, 2.05) is 0 Å². The van der Waals surface area contributed by atoms with Gasteiger partial charge in [0, 0.05) is 11.3 Å². The van der Waals surface area contributed by atoms with Crippen LogP contribution in [0.3, 0.4) is 0 Å². The second-order valence-corrected chi connectivity index (χ2v) is 7.31. The SMILES string of the molecule is Nc1nc2c(s1)CCC(c1ccccc1)(N1CCCC1)C2. The van der Waals surface area contributed by atoms with Gasteiger partial charge in [0.2, 0.25) is 0 Å². The third-order valence-electron chi connectivity index (χ3n) is 5.04. The summed E-state index contributed by atoms with van der Waals surface area (Å²) in [6.07, 6.45) is 5.95. The molecule has 3 nitrogen and oxygen atoms in total. The zero-order valence-corrected chi connectivity index (χ0v) is 13.0. The fourth-order valence-electron chi connectivity index (χ4n) is 4.01. The Bertz CT molecular complexity index is 631. The number of hydrogen-bond acceptors (Lipinski definition) is 4. The summed E-state index contributed by atoms with van der Waals surface area (Å²) in [5, 5.41) is 0.727. The molecule has 4 heteroatoms. The summed E-state index contributed by atoms with van der Waals surface area (Å²) in [6.45, 7) is 2.42. The maximum Gasteiger partial charge on any atom is 0.180 e. The van der Waals surface area contributed by atoms with Crippen molar-refractivity contribution in [1.82, 2.24) is 9.88 Å². The van der Waals surface area contributed by atoms with Gasteiger partial charge in [0.1, 0.15) is 0 Å². The lowest BCUT2D eigenvalue weighted by molar-refractivity contribution is 0.0965. The Morgan fingerprint density at radius 1 is 1.14 bits per heavy atom. The zero-order valence-electron chi connectivity index (χ0n) is 12.2. The van der Waals surface area contributed by atoms with Crippen LogP contribution in [-0.4, -0.2) is 23.0 Å². The second kappa shape index (κ2) is 5.11. The Morgan fingerprint density at radius 2 is 1.90 bits per heavy atom. The number of thiazole rings is 1. The van der Waals surface area contributed by atoms with Gasteiger partial charge >= 0.3 is 0 Å². The fourth-order valence-corrected chi connectivity index (χ4v) is 4.86. The Morgan fingerprint density at radius 3 is 2.67 bits per heavy atom. The number of nitrogens with zero attached hydrogens (tertiary/aromatic N) is 2. The Kier molecular flexibility index (Phi) is 3.23. The highest BCUT2D eigenvalue weighted by atomic mass is 32.1. The number of benzene rings is 1. The smallest absolute Gasteiger partial charge is 0.180 e. The average Bonchev–Trinajstić information content (AvgIpc) is 3.15. The van der Waals surface area contributed by atoms with Crippen LogP contribution in [0.5, 0.6) is 0 Å². The highest BCUT2D eigenvalue weighted by molar-refractivity contribution is 7.15. The summed E-state index contributed by atoms with van der Waals surface area (Å²) in [5.74, 6) is 0. The molecule has 1 aromatic heterocycles. The lowest BCUT2D eigenvalue weighted by Gasteiger charge is -2.44. The largest absolute Gasteiger partial charge is 0.375 e. The molecule has 2 aliphatic rings. The lowest BCUT2D eigenvalue weighted by atomic mass is 9.76. The molecule has 1 aliphatic heterocycles. The molecule has 0 spiro atoms. The van der Waals surface area contributed by atoms with Crippen LogP contribution in [0.4, 0.5) is 5.13 Å². The first-order valence-corrected chi connectivity index (χ1v) is 8.64. The minimum absolute atomic E-state index is 0.130. The van der Waals surface area contributed by atoms with Crippen molar-refractivity contribution in [1.29, 1.82) is 0 Å². The molecule has 1 unspecified atom stereocenters. The Hall–Kier alpha value is -1.39. The van der Waals surface area contributed by atoms with Gasteiger partial charge in [0.15, 0.2) is 5.13 Å². The average molecular weight is 299 g/mol. The van der Waals surface area contributed by atoms with Gasteiger partial charge in [-0.15, -0.1) is 11.3 Å². The quantitative estimate of drug-likeness (QED) is 0.926. The molecule has 1 aliphatic carbocycles. The fraction of sp³-hybridized carbons (Fsp3) is 0.471. The lowest BCUT2D eigenvalue weighted by Crippen LogP contribution is -2.48. The summed E-state index contributed by atoms with van der Waals surface area (Å²) in [6, 6.07) is 11.0. The molecule has 0 radical (unpaired) electrons. The Labute approximate surface area is 129 Å². The maximum absolute atomic E-state index is 5.93. The molecule has 1 atom stereocenters. The first-order valence-electron chi connectivity index (χ1n) is 7.83. The molecule has 110 valence electrons. The summed E-state index contributed by atoms with van der Waals surface area (Å²) in [4.78, 5) is 8.71. The maximum atomic E-state index is 5.93. The van der Waals surface area contributed by atoms with E-state index in [2.05, 4.69) is 40.2 Å². The summed E-state index contributed by atoms with van der Waals surface area (Å²) in [5.41, 5.74) is 8.75. The second-order valence-electron chi connectivity index (χ2n) is 6.19. The predicted molar refractivity (Wildman–Crippen MR) is 87.5 cm³/mol. The van der Waals surface area contributed by atoms with Crippen molar-refractivity contribution in [2.75, 3.05) is 18.8 Å². The van der Waals surface area contributed by atoms with E-state index in [-0.39, 0.29) is 5.54 Å². The standard InChI is InChI=1S/C17H21N3S/c18-16-19-14-12-17(9-8-15(14)21-16,20-10-4-5-11-20)13-6-2-1-3-7-13/h1-3,6-7H,4-5,8-12H2,(H2,18,19). The van der Waals surface area contributed by atoms with E-state index in [1.165, 1.54) is 48.5 Å². The van der Waals surface area contributed by atoms with Gasteiger partial charge in [0.05, 0.1) is 11.2 Å². The first kappa shape index (κ1) is 13.3. The van der Waals surface area contributed by atoms with Crippen LogP contribution in [0.15, 0.2) is 30.3 Å². The predicted octanol–water partition coefficient (Wildman–Crippen LogP) is 3.21. The van der Waals surface area contributed by atoms with E-state index < -0.39 is 0 Å². The number of anilines is 1. The van der Waals surface area contributed by atoms with Crippen molar-refractivity contribution in [2.24, 2.45) is 0 Å². The summed E-state index contributed by atoms with van der Waals surface area (Å²) >= 11 is 1.68. The van der Waals surface area contributed by atoms with Crippen molar-refractivity contribution in [3.05, 3.63) is 46.5 Å². The third-order valence-corrected chi connectivity index (χ3v) is 6.03. The molecule has 0 amide bonds. The number of rotatable bonds is 2. The number of fused-ring (bicyclic) bond motifs is 1. The third kappa shape index (κ3) is 2.17. The van der Waals surface area contributed by atoms with Gasteiger partial charge < -0.3 is 5.73 Å². The number of nitrogen functional groups attached to an aromatic ring is 1. The summed E-state index contributed by atoms with van der Waals surface area (Å²) < 4.78 is 0. The van der Waals surface area contributed by atoms with Crippen LogP contribution in [-0.2, 0) is 18.4 Å². The number of aromatic nitrogens is 1. The molecule has 0 saturated carbocycles. The highest BCUT2D eigenvalue weighted by Gasteiger charge is 2.43. The molecule has 2 aromatic rings. The van der Waals surface area contributed by atoms with Crippen molar-refractivity contribution in [3.8, 4) is 0 Å². The van der Waals surface area contributed by atoms with Crippen molar-refractivity contribution in [3.63, 3.8) is 0 Å². The molecule has 1 saturated heterocycles. The van der Waals surface area contributed by atoms with E-state index in [0.29, 0.717) is 0 Å². The van der Waals surface area contributed by atoms with Crippen molar-refractivity contribution in [2.45, 2.75) is 37.6 Å². The van der Waals surface area contributed by atoms with Crippen LogP contribution in [0, 0.1) is 0 Å². The summed E-state index contributed by atoms with van der Waals surface area (Å²) in [7, 11) is 0. The van der Waals surface area contributed by atoms with Crippen LogP contribution < -0.4 is 5.73 Å². The molecule has 0 bridgehead atoms. The molecular formula is C17H21N3S. The molecule has 4 rings (SSSR count). The van der Waals surface area contributed by atoms with Crippen molar-refractivity contribution < 1.29 is 0 Å². The van der Waals surface area contributed by atoms with Gasteiger partial charge in [-0.2, -0.15) is 0 Å². The number of hydrogen-bond donors (Lipinski definition) is 1. The minimum Gasteiger partial charge on any atom is -0.375 e. The van der Waals surface area contributed by atoms with Gasteiger partial charge in [-0.3, -0.25) is 4.90 Å². The molecule has 21 heavy (non-hydrogen) atoms. The molecule has 1 aromatic carbocycles. The van der Waals surface area contributed by atoms with Crippen molar-refractivity contribution >= 4 is 16.5 Å². The molecular weight excluding hydrogens is 278 g/mol. The van der Waals surface area contributed by atoms with E-state index in [0.717, 1.165) is 18.0 Å².